The molecule has 1 N–H and O–H groups in total. The van der Waals surface area contributed by atoms with Gasteiger partial charge in [0.25, 0.3) is 0 Å². The number of hydrogen-bond donors (Lipinski definition) is 1. The van der Waals surface area contributed by atoms with E-state index >= 15 is 0 Å². The zero-order valence-electron chi connectivity index (χ0n) is 15.3. The van der Waals surface area contributed by atoms with Gasteiger partial charge in [-0.2, -0.15) is 0 Å². The van der Waals surface area contributed by atoms with Crippen molar-refractivity contribution in [3.8, 4) is 0 Å². The summed E-state index contributed by atoms with van der Waals surface area (Å²) in [5.74, 6) is -0.532. The number of aliphatic hydroxyl groups is 1. The molecule has 142 valence electrons. The van der Waals surface area contributed by atoms with Crippen molar-refractivity contribution in [2.45, 2.75) is 63.6 Å². The summed E-state index contributed by atoms with van der Waals surface area (Å²) in [6, 6.07) is 0. The Morgan fingerprint density at radius 2 is 2.35 bits per heavy atom. The van der Waals surface area contributed by atoms with Crippen LogP contribution in [0.2, 0.25) is 0 Å². The van der Waals surface area contributed by atoms with Gasteiger partial charge >= 0.3 is 5.97 Å². The van der Waals surface area contributed by atoms with E-state index in [4.69, 9.17) is 14.2 Å². The van der Waals surface area contributed by atoms with E-state index in [1.807, 2.05) is 6.92 Å². The maximum Gasteiger partial charge on any atom is 0.334 e. The van der Waals surface area contributed by atoms with Gasteiger partial charge in [0.15, 0.2) is 12.1 Å². The maximum absolute atomic E-state index is 11.9. The smallest absolute Gasteiger partial charge is 0.334 e. The molecule has 5 atom stereocenters. The van der Waals surface area contributed by atoms with E-state index in [1.165, 1.54) is 19.1 Å². The minimum Gasteiger partial charge on any atom is -0.455 e. The third-order valence-corrected chi connectivity index (χ3v) is 5.37. The summed E-state index contributed by atoms with van der Waals surface area (Å²) in [7, 11) is 0. The molecule has 1 unspecified atom stereocenters. The summed E-state index contributed by atoms with van der Waals surface area (Å²) in [5.41, 5.74) is 1.30. The Balaban J connectivity index is 1.65. The molecule has 0 spiro atoms. The van der Waals surface area contributed by atoms with Gasteiger partial charge in [-0.25, -0.2) is 4.79 Å². The molecule has 2 fully saturated rings. The van der Waals surface area contributed by atoms with Crippen LogP contribution >= 0.6 is 0 Å². The number of ether oxygens (including phenoxy) is 3. The van der Waals surface area contributed by atoms with Crippen molar-refractivity contribution in [1.82, 2.24) is 0 Å². The van der Waals surface area contributed by atoms with Crippen LogP contribution in [-0.2, 0) is 23.8 Å². The quantitative estimate of drug-likeness (QED) is 0.265. The molecule has 2 saturated heterocycles. The first-order valence-corrected chi connectivity index (χ1v) is 9.04. The predicted octanol–water partition coefficient (Wildman–Crippen LogP) is 2.22. The van der Waals surface area contributed by atoms with Crippen LogP contribution in [0.15, 0.2) is 36.0 Å². The number of epoxide rings is 1. The Bertz CT molecular complexity index is 663. The molecule has 6 heteroatoms. The van der Waals surface area contributed by atoms with Crippen molar-refractivity contribution < 1.29 is 28.9 Å². The summed E-state index contributed by atoms with van der Waals surface area (Å²) in [6.45, 7) is 7.63. The topological polar surface area (TPSA) is 85.4 Å². The first kappa shape index (κ1) is 19.0. The Morgan fingerprint density at radius 3 is 3.08 bits per heavy atom. The van der Waals surface area contributed by atoms with Crippen LogP contribution in [0, 0.1) is 5.92 Å². The minimum atomic E-state index is -1.12. The van der Waals surface area contributed by atoms with Crippen LogP contribution in [-0.4, -0.2) is 47.6 Å². The van der Waals surface area contributed by atoms with Crippen molar-refractivity contribution >= 4 is 11.8 Å². The highest BCUT2D eigenvalue weighted by atomic mass is 16.6. The molecule has 3 aliphatic rings. The molecule has 0 aromatic carbocycles. The van der Waals surface area contributed by atoms with Crippen molar-refractivity contribution in [3.05, 3.63) is 36.0 Å². The normalized spacial score (nSPS) is 37.3. The molecule has 1 aliphatic carbocycles. The van der Waals surface area contributed by atoms with Crippen LogP contribution in [0.3, 0.4) is 0 Å². The fourth-order valence-electron chi connectivity index (χ4n) is 3.72. The van der Waals surface area contributed by atoms with Crippen molar-refractivity contribution in [2.75, 3.05) is 6.61 Å². The largest absolute Gasteiger partial charge is 0.455 e. The van der Waals surface area contributed by atoms with Crippen molar-refractivity contribution in [3.63, 3.8) is 0 Å². The van der Waals surface area contributed by atoms with Gasteiger partial charge in [-0.3, -0.25) is 4.79 Å². The molecule has 3 rings (SSSR count). The van der Waals surface area contributed by atoms with Gasteiger partial charge in [-0.15, -0.1) is 0 Å². The second-order valence-electron chi connectivity index (χ2n) is 7.46. The van der Waals surface area contributed by atoms with E-state index in [9.17, 15) is 14.7 Å². The Hall–Kier alpha value is -1.76. The van der Waals surface area contributed by atoms with E-state index in [0.29, 0.717) is 5.57 Å². The van der Waals surface area contributed by atoms with Gasteiger partial charge in [0.1, 0.15) is 12.2 Å². The lowest BCUT2D eigenvalue weighted by molar-refractivity contribution is -0.140. The molecule has 0 bridgehead atoms. The van der Waals surface area contributed by atoms with Crippen molar-refractivity contribution in [1.29, 1.82) is 0 Å². The Morgan fingerprint density at radius 1 is 1.58 bits per heavy atom. The number of carbonyl (C=O) groups excluding carboxylic acids is 2. The third kappa shape index (κ3) is 4.14. The number of hydrogen-bond acceptors (Lipinski definition) is 6. The van der Waals surface area contributed by atoms with E-state index in [1.54, 1.807) is 0 Å². The number of carbonyl (C=O) groups is 2. The van der Waals surface area contributed by atoms with E-state index in [-0.39, 0.29) is 42.1 Å². The van der Waals surface area contributed by atoms with Crippen molar-refractivity contribution in [2.24, 2.45) is 5.92 Å². The molecule has 6 nitrogen and oxygen atoms in total. The Kier molecular flexibility index (Phi) is 5.46. The van der Waals surface area contributed by atoms with Gasteiger partial charge in [-0.1, -0.05) is 12.7 Å². The van der Waals surface area contributed by atoms with Crippen LogP contribution in [0.1, 0.15) is 39.5 Å². The summed E-state index contributed by atoms with van der Waals surface area (Å²) in [5, 5.41) is 9.78. The lowest BCUT2D eigenvalue weighted by Gasteiger charge is -2.20. The Labute approximate surface area is 153 Å². The molecule has 0 amide bonds. The summed E-state index contributed by atoms with van der Waals surface area (Å²) < 4.78 is 16.8. The molecular formula is C20H26O6. The van der Waals surface area contributed by atoms with Gasteiger partial charge < -0.3 is 19.3 Å². The standard InChI is InChI=1S/C20H26O6/c1-12(21)6-9-16(22)24-11-14-5-4-10-20(3)18(26-20)17-15(8-7-14)13(2)19(23)25-17/h5-6,9,15-18,22H,2,4,7-8,10-11H2,1,3H3/b9-6+,14-5+/t15-,16?,17-,18-,20+/m0/s1. The first-order chi connectivity index (χ1) is 12.3. The fraction of sp³-hybridized carbons (Fsp3) is 0.600. The molecular weight excluding hydrogens is 336 g/mol. The molecule has 2 heterocycles. The highest BCUT2D eigenvalue weighted by Gasteiger charge is 2.61. The summed E-state index contributed by atoms with van der Waals surface area (Å²) >= 11 is 0. The van der Waals surface area contributed by atoms with Gasteiger partial charge in [0.05, 0.1) is 12.2 Å². The number of fused-ring (bicyclic) bond motifs is 3. The average molecular weight is 362 g/mol. The second-order valence-corrected chi connectivity index (χ2v) is 7.46. The number of rotatable bonds is 5. The molecule has 26 heavy (non-hydrogen) atoms. The van der Waals surface area contributed by atoms with Crippen LogP contribution in [0.5, 0.6) is 0 Å². The SMILES string of the molecule is C=C1C(=O)O[C@H]2[C@H]1CC/C(COC(O)/C=C/C(C)=O)=C\CC[C@@]1(C)O[C@@H]21. The zero-order valence-corrected chi connectivity index (χ0v) is 15.3. The van der Waals surface area contributed by atoms with Crippen LogP contribution in [0.25, 0.3) is 0 Å². The molecule has 0 aromatic rings. The minimum absolute atomic E-state index is 0.0551. The van der Waals surface area contributed by atoms with E-state index in [2.05, 4.69) is 12.7 Å². The molecule has 0 radical (unpaired) electrons. The highest BCUT2D eigenvalue weighted by Crippen LogP contribution is 2.49. The average Bonchev–Trinajstić information content (AvgIpc) is 3.17. The number of aliphatic hydroxyl groups excluding tert-OH is 1. The van der Waals surface area contributed by atoms with Crippen LogP contribution in [0.4, 0.5) is 0 Å². The summed E-state index contributed by atoms with van der Waals surface area (Å²) in [4.78, 5) is 22.9. The van der Waals surface area contributed by atoms with E-state index in [0.717, 1.165) is 31.3 Å². The lowest BCUT2D eigenvalue weighted by atomic mass is 9.84. The lowest BCUT2D eigenvalue weighted by Crippen LogP contribution is -2.29. The molecule has 0 aromatic heterocycles. The zero-order chi connectivity index (χ0) is 18.9. The van der Waals surface area contributed by atoms with Gasteiger partial charge in [0.2, 0.25) is 0 Å². The van der Waals surface area contributed by atoms with Gasteiger partial charge in [-0.05, 0) is 57.3 Å². The van der Waals surface area contributed by atoms with Crippen LogP contribution < -0.4 is 0 Å². The highest BCUT2D eigenvalue weighted by molar-refractivity contribution is 5.91. The summed E-state index contributed by atoms with van der Waals surface area (Å²) in [6.07, 6.45) is 6.41. The number of esters is 1. The molecule has 0 saturated carbocycles. The number of allylic oxidation sites excluding steroid dienone is 2. The third-order valence-electron chi connectivity index (χ3n) is 5.37. The maximum atomic E-state index is 11.9. The fourth-order valence-corrected chi connectivity index (χ4v) is 3.72. The first-order valence-electron chi connectivity index (χ1n) is 9.04. The van der Waals surface area contributed by atoms with E-state index < -0.39 is 6.29 Å². The number of ketones is 1. The second kappa shape index (κ2) is 7.47. The van der Waals surface area contributed by atoms with Gasteiger partial charge in [0, 0.05) is 11.5 Å². The molecule has 2 aliphatic heterocycles. The monoisotopic (exact) mass is 362 g/mol. The predicted molar refractivity (Wildman–Crippen MR) is 94.1 cm³/mol.